The highest BCUT2D eigenvalue weighted by atomic mass is 15.5. The van der Waals surface area contributed by atoms with Gasteiger partial charge in [-0.05, 0) is 30.3 Å². The van der Waals surface area contributed by atoms with Crippen LogP contribution in [-0.4, -0.2) is 34.3 Å². The third-order valence-electron chi connectivity index (χ3n) is 3.53. The standard InChI is InChI=1S/C16H15N7/c1-2-7-17-14(5-1)13-21-12-6-15(20-21)16(22-10-3-8-18-22)23-11-4-9-19-23/h1-12,16H,13H2. The topological polar surface area (TPSA) is 66.3 Å². The highest BCUT2D eigenvalue weighted by molar-refractivity contribution is 5.10. The molecular weight excluding hydrogens is 290 g/mol. The van der Waals surface area contributed by atoms with Crippen LogP contribution in [0.25, 0.3) is 0 Å². The maximum absolute atomic E-state index is 4.67. The van der Waals surface area contributed by atoms with Crippen LogP contribution in [0.5, 0.6) is 0 Å². The molecule has 0 spiro atoms. The summed E-state index contributed by atoms with van der Waals surface area (Å²) in [6.07, 6.45) is 10.8. The Hall–Kier alpha value is -3.22. The highest BCUT2D eigenvalue weighted by Gasteiger charge is 2.19. The van der Waals surface area contributed by atoms with Crippen molar-refractivity contribution in [3.63, 3.8) is 0 Å². The van der Waals surface area contributed by atoms with Crippen LogP contribution < -0.4 is 0 Å². The van der Waals surface area contributed by atoms with Gasteiger partial charge in [0.05, 0.1) is 12.2 Å². The Balaban J connectivity index is 1.65. The van der Waals surface area contributed by atoms with E-state index in [1.165, 1.54) is 0 Å². The molecular formula is C16H15N7. The van der Waals surface area contributed by atoms with Crippen molar-refractivity contribution in [2.24, 2.45) is 0 Å². The summed E-state index contributed by atoms with van der Waals surface area (Å²) >= 11 is 0. The summed E-state index contributed by atoms with van der Waals surface area (Å²) in [5.41, 5.74) is 1.84. The fourth-order valence-electron chi connectivity index (χ4n) is 2.50. The summed E-state index contributed by atoms with van der Waals surface area (Å²) in [5, 5.41) is 13.3. The Morgan fingerprint density at radius 1 is 0.826 bits per heavy atom. The first-order valence-electron chi connectivity index (χ1n) is 7.32. The zero-order valence-corrected chi connectivity index (χ0v) is 12.3. The van der Waals surface area contributed by atoms with Gasteiger partial charge in [-0.25, -0.2) is 9.36 Å². The molecule has 23 heavy (non-hydrogen) atoms. The van der Waals surface area contributed by atoms with Gasteiger partial charge >= 0.3 is 0 Å². The Labute approximate surface area is 132 Å². The molecule has 0 aromatic carbocycles. The van der Waals surface area contributed by atoms with Crippen molar-refractivity contribution in [2.45, 2.75) is 12.7 Å². The van der Waals surface area contributed by atoms with Crippen LogP contribution in [-0.2, 0) is 6.54 Å². The monoisotopic (exact) mass is 305 g/mol. The first-order valence-corrected chi connectivity index (χ1v) is 7.32. The number of hydrogen-bond donors (Lipinski definition) is 0. The highest BCUT2D eigenvalue weighted by Crippen LogP contribution is 2.17. The van der Waals surface area contributed by atoms with Crippen molar-refractivity contribution in [1.82, 2.24) is 34.3 Å². The average Bonchev–Trinajstić information content (AvgIpc) is 3.32. The van der Waals surface area contributed by atoms with E-state index in [1.54, 1.807) is 18.6 Å². The molecule has 4 heterocycles. The van der Waals surface area contributed by atoms with E-state index in [9.17, 15) is 0 Å². The Kier molecular flexibility index (Phi) is 3.44. The normalized spacial score (nSPS) is 11.2. The molecule has 0 atom stereocenters. The van der Waals surface area contributed by atoms with E-state index in [0.717, 1.165) is 11.4 Å². The molecule has 7 heteroatoms. The van der Waals surface area contributed by atoms with E-state index >= 15 is 0 Å². The van der Waals surface area contributed by atoms with Gasteiger partial charge in [0, 0.05) is 37.2 Å². The second kappa shape index (κ2) is 5.88. The van der Waals surface area contributed by atoms with Crippen LogP contribution in [0.15, 0.2) is 73.6 Å². The van der Waals surface area contributed by atoms with Crippen LogP contribution in [0.4, 0.5) is 0 Å². The predicted molar refractivity (Wildman–Crippen MR) is 83.6 cm³/mol. The second-order valence-corrected chi connectivity index (χ2v) is 5.11. The van der Waals surface area contributed by atoms with E-state index < -0.39 is 0 Å². The smallest absolute Gasteiger partial charge is 0.187 e. The summed E-state index contributed by atoms with van der Waals surface area (Å²) in [7, 11) is 0. The predicted octanol–water partition coefficient (Wildman–Crippen LogP) is 1.81. The number of aromatic nitrogens is 7. The van der Waals surface area contributed by atoms with Gasteiger partial charge in [-0.1, -0.05) is 6.07 Å². The van der Waals surface area contributed by atoms with Gasteiger partial charge in [-0.2, -0.15) is 15.3 Å². The minimum absolute atomic E-state index is 0.204. The lowest BCUT2D eigenvalue weighted by Crippen LogP contribution is -2.21. The Bertz CT molecular complexity index is 813. The molecule has 0 amide bonds. The number of pyridine rings is 1. The van der Waals surface area contributed by atoms with Gasteiger partial charge in [0.1, 0.15) is 5.69 Å². The maximum Gasteiger partial charge on any atom is 0.187 e. The lowest BCUT2D eigenvalue weighted by molar-refractivity contribution is 0.405. The van der Waals surface area contributed by atoms with Crippen LogP contribution in [0.2, 0.25) is 0 Å². The van der Waals surface area contributed by atoms with Crippen LogP contribution >= 0.6 is 0 Å². The molecule has 0 N–H and O–H groups in total. The molecule has 0 saturated carbocycles. The molecule has 7 nitrogen and oxygen atoms in total. The zero-order valence-electron chi connectivity index (χ0n) is 12.3. The molecule has 0 fully saturated rings. The van der Waals surface area contributed by atoms with Crippen molar-refractivity contribution < 1.29 is 0 Å². The van der Waals surface area contributed by atoms with Crippen LogP contribution in [0.1, 0.15) is 17.6 Å². The van der Waals surface area contributed by atoms with Crippen LogP contribution in [0, 0.1) is 0 Å². The quantitative estimate of drug-likeness (QED) is 0.564. The summed E-state index contributed by atoms with van der Waals surface area (Å²) in [4.78, 5) is 4.33. The maximum atomic E-state index is 4.67. The summed E-state index contributed by atoms with van der Waals surface area (Å²) in [6.45, 7) is 0.631. The Morgan fingerprint density at radius 2 is 1.61 bits per heavy atom. The number of rotatable bonds is 5. The minimum Gasteiger partial charge on any atom is -0.266 e. The molecule has 114 valence electrons. The van der Waals surface area contributed by atoms with Crippen LogP contribution in [0.3, 0.4) is 0 Å². The lowest BCUT2D eigenvalue weighted by Gasteiger charge is -2.16. The van der Waals surface area contributed by atoms with E-state index in [2.05, 4.69) is 20.3 Å². The number of nitrogens with zero attached hydrogens (tertiary/aromatic N) is 7. The fraction of sp³-hybridized carbons (Fsp3) is 0.125. The van der Waals surface area contributed by atoms with Crippen molar-refractivity contribution in [2.75, 3.05) is 0 Å². The Morgan fingerprint density at radius 3 is 2.22 bits per heavy atom. The van der Waals surface area contributed by atoms with Gasteiger partial charge < -0.3 is 0 Å². The van der Waals surface area contributed by atoms with Crippen molar-refractivity contribution in [3.05, 3.63) is 85.0 Å². The molecule has 0 bridgehead atoms. The van der Waals surface area contributed by atoms with E-state index in [0.29, 0.717) is 6.54 Å². The molecule has 0 unspecified atom stereocenters. The molecule has 0 radical (unpaired) electrons. The van der Waals surface area contributed by atoms with E-state index in [-0.39, 0.29) is 6.17 Å². The van der Waals surface area contributed by atoms with Gasteiger partial charge in [-0.3, -0.25) is 9.67 Å². The largest absolute Gasteiger partial charge is 0.266 e. The van der Waals surface area contributed by atoms with Gasteiger partial charge in [0.2, 0.25) is 0 Å². The second-order valence-electron chi connectivity index (χ2n) is 5.11. The summed E-state index contributed by atoms with van der Waals surface area (Å²) < 4.78 is 5.54. The third kappa shape index (κ3) is 2.76. The molecule has 4 aromatic heterocycles. The number of hydrogen-bond acceptors (Lipinski definition) is 4. The minimum atomic E-state index is -0.204. The molecule has 0 aliphatic heterocycles. The first-order chi connectivity index (χ1) is 11.4. The van der Waals surface area contributed by atoms with Gasteiger partial charge in [0.25, 0.3) is 0 Å². The first kappa shape index (κ1) is 13.4. The SMILES string of the molecule is c1ccc(Cn2ccc(C(n3cccn3)n3cccn3)n2)nc1. The molecule has 0 aliphatic rings. The van der Waals surface area contributed by atoms with Crippen molar-refractivity contribution in [1.29, 1.82) is 0 Å². The van der Waals surface area contributed by atoms with Crippen molar-refractivity contribution >= 4 is 0 Å². The van der Waals surface area contributed by atoms with Gasteiger partial charge in [-0.15, -0.1) is 0 Å². The molecule has 4 aromatic rings. The van der Waals surface area contributed by atoms with E-state index in [4.69, 9.17) is 0 Å². The molecule has 4 rings (SSSR count). The van der Waals surface area contributed by atoms with Crippen molar-refractivity contribution in [3.8, 4) is 0 Å². The zero-order chi connectivity index (χ0) is 15.5. The van der Waals surface area contributed by atoms with Gasteiger partial charge in [0.15, 0.2) is 6.17 Å². The summed E-state index contributed by atoms with van der Waals surface area (Å²) in [6, 6.07) is 11.6. The average molecular weight is 305 g/mol. The fourth-order valence-corrected chi connectivity index (χ4v) is 2.50. The molecule has 0 aliphatic carbocycles. The molecule has 0 saturated heterocycles. The third-order valence-corrected chi connectivity index (χ3v) is 3.53. The lowest BCUT2D eigenvalue weighted by atomic mass is 10.3. The summed E-state index contributed by atoms with van der Waals surface area (Å²) in [5.74, 6) is 0. The van der Waals surface area contributed by atoms with E-state index in [1.807, 2.05) is 69.0 Å².